The predicted octanol–water partition coefficient (Wildman–Crippen LogP) is 2.88. The molecule has 1 saturated heterocycles. The summed E-state index contributed by atoms with van der Waals surface area (Å²) in [6.07, 6.45) is 8.37. The first-order valence-electron chi connectivity index (χ1n) is 7.89. The van der Waals surface area contributed by atoms with Gasteiger partial charge in [0.15, 0.2) is 0 Å². The number of likely N-dealkylation sites (tertiary alicyclic amines) is 1. The third-order valence-electron chi connectivity index (χ3n) is 4.28. The van der Waals surface area contributed by atoms with Crippen molar-refractivity contribution in [2.75, 3.05) is 13.1 Å². The first kappa shape index (κ1) is 14.3. The van der Waals surface area contributed by atoms with E-state index in [9.17, 15) is 0 Å². The van der Waals surface area contributed by atoms with E-state index in [4.69, 9.17) is 0 Å². The molecule has 0 saturated carbocycles. The van der Waals surface area contributed by atoms with Crippen LogP contribution in [-0.2, 0) is 6.54 Å². The number of nitrogens with one attached hydrogen (secondary N) is 1. The topological polar surface area (TPSA) is 49.7 Å². The van der Waals surface area contributed by atoms with Gasteiger partial charge in [0.2, 0.25) is 0 Å². The van der Waals surface area contributed by atoms with Gasteiger partial charge in [-0.15, -0.1) is 0 Å². The summed E-state index contributed by atoms with van der Waals surface area (Å²) in [6, 6.07) is 0.468. The highest BCUT2D eigenvalue weighted by molar-refractivity contribution is 5.06. The molecule has 3 heterocycles. The molecule has 1 fully saturated rings. The van der Waals surface area contributed by atoms with Crippen molar-refractivity contribution in [1.29, 1.82) is 0 Å². The second-order valence-electron chi connectivity index (χ2n) is 6.37. The zero-order valence-corrected chi connectivity index (χ0v) is 13.2. The van der Waals surface area contributed by atoms with Gasteiger partial charge >= 0.3 is 0 Å². The van der Waals surface area contributed by atoms with Crippen LogP contribution in [0.2, 0.25) is 0 Å². The molecule has 1 atom stereocenters. The number of aromatic nitrogens is 4. The molecule has 0 bridgehead atoms. The molecule has 3 rings (SSSR count). The molecule has 1 N–H and O–H groups in total. The van der Waals surface area contributed by atoms with Crippen molar-refractivity contribution in [2.24, 2.45) is 0 Å². The van der Waals surface area contributed by atoms with Crippen molar-refractivity contribution in [1.82, 2.24) is 24.4 Å². The predicted molar refractivity (Wildman–Crippen MR) is 83.2 cm³/mol. The van der Waals surface area contributed by atoms with Crippen LogP contribution in [0.25, 0.3) is 0 Å². The van der Waals surface area contributed by atoms with E-state index in [0.29, 0.717) is 12.0 Å². The van der Waals surface area contributed by atoms with Crippen molar-refractivity contribution >= 4 is 0 Å². The van der Waals surface area contributed by atoms with Crippen LogP contribution in [-0.4, -0.2) is 37.5 Å². The molecular weight excluding hydrogens is 262 g/mol. The molecule has 0 amide bonds. The highest BCUT2D eigenvalue weighted by Crippen LogP contribution is 2.26. The summed E-state index contributed by atoms with van der Waals surface area (Å²) in [4.78, 5) is 14.9. The number of nitrogens with zero attached hydrogens (tertiary/aromatic N) is 4. The molecule has 1 unspecified atom stereocenters. The summed E-state index contributed by atoms with van der Waals surface area (Å²) in [5.41, 5.74) is 1.15. The minimum absolute atomic E-state index is 0.468. The van der Waals surface area contributed by atoms with Gasteiger partial charge in [0, 0.05) is 42.8 Å². The standard InChI is InChI=1S/C16H25N5/c1-12(2)21-8-6-17-15(21)11-20-7-4-5-14(10-20)16-18-9-13(3)19-16/h6,8-9,12,14H,4-5,7,10-11H2,1-3H3,(H,18,19). The molecule has 0 aromatic carbocycles. The van der Waals surface area contributed by atoms with Crippen LogP contribution in [0.4, 0.5) is 0 Å². The lowest BCUT2D eigenvalue weighted by molar-refractivity contribution is 0.189. The lowest BCUT2D eigenvalue weighted by Gasteiger charge is -2.31. The highest BCUT2D eigenvalue weighted by Gasteiger charge is 2.24. The summed E-state index contributed by atoms with van der Waals surface area (Å²) in [6.45, 7) is 9.63. The van der Waals surface area contributed by atoms with Crippen LogP contribution < -0.4 is 0 Å². The number of hydrogen-bond acceptors (Lipinski definition) is 3. The fourth-order valence-electron chi connectivity index (χ4n) is 3.20. The van der Waals surface area contributed by atoms with Crippen LogP contribution in [0.15, 0.2) is 18.6 Å². The number of piperidine rings is 1. The molecule has 114 valence electrons. The average Bonchev–Trinajstić information content (AvgIpc) is 3.08. The van der Waals surface area contributed by atoms with E-state index in [0.717, 1.165) is 31.2 Å². The summed E-state index contributed by atoms with van der Waals surface area (Å²) < 4.78 is 2.26. The van der Waals surface area contributed by atoms with Crippen molar-refractivity contribution in [2.45, 2.75) is 52.1 Å². The molecule has 0 aliphatic carbocycles. The van der Waals surface area contributed by atoms with Gasteiger partial charge in [-0.25, -0.2) is 9.97 Å². The number of hydrogen-bond donors (Lipinski definition) is 1. The molecule has 0 radical (unpaired) electrons. The normalized spacial score (nSPS) is 20.3. The third kappa shape index (κ3) is 3.18. The number of H-pyrrole nitrogens is 1. The Kier molecular flexibility index (Phi) is 4.10. The van der Waals surface area contributed by atoms with Gasteiger partial charge < -0.3 is 9.55 Å². The minimum atomic E-state index is 0.468. The van der Waals surface area contributed by atoms with Crippen LogP contribution in [0.3, 0.4) is 0 Å². The van der Waals surface area contributed by atoms with Gasteiger partial charge in [-0.2, -0.15) is 0 Å². The minimum Gasteiger partial charge on any atom is -0.346 e. The molecule has 5 nitrogen and oxygen atoms in total. The first-order valence-corrected chi connectivity index (χ1v) is 7.89. The molecule has 0 spiro atoms. The fourth-order valence-corrected chi connectivity index (χ4v) is 3.20. The molecule has 21 heavy (non-hydrogen) atoms. The fraction of sp³-hybridized carbons (Fsp3) is 0.625. The van der Waals surface area contributed by atoms with Crippen LogP contribution in [0.5, 0.6) is 0 Å². The largest absolute Gasteiger partial charge is 0.346 e. The van der Waals surface area contributed by atoms with Crippen LogP contribution in [0, 0.1) is 6.92 Å². The second-order valence-corrected chi connectivity index (χ2v) is 6.37. The van der Waals surface area contributed by atoms with Crippen molar-refractivity contribution in [3.8, 4) is 0 Å². The van der Waals surface area contributed by atoms with E-state index in [1.54, 1.807) is 0 Å². The van der Waals surface area contributed by atoms with Crippen LogP contribution >= 0.6 is 0 Å². The Morgan fingerprint density at radius 3 is 2.95 bits per heavy atom. The molecule has 5 heteroatoms. The Labute approximate surface area is 126 Å². The summed E-state index contributed by atoms with van der Waals surface area (Å²) >= 11 is 0. The maximum Gasteiger partial charge on any atom is 0.123 e. The van der Waals surface area contributed by atoms with Gasteiger partial charge in [0.25, 0.3) is 0 Å². The van der Waals surface area contributed by atoms with E-state index in [2.05, 4.69) is 51.4 Å². The smallest absolute Gasteiger partial charge is 0.123 e. The third-order valence-corrected chi connectivity index (χ3v) is 4.28. The Morgan fingerprint density at radius 1 is 1.38 bits per heavy atom. The van der Waals surface area contributed by atoms with Gasteiger partial charge in [-0.1, -0.05) is 0 Å². The van der Waals surface area contributed by atoms with E-state index in [1.165, 1.54) is 18.7 Å². The molecule has 1 aliphatic rings. The maximum absolute atomic E-state index is 4.53. The quantitative estimate of drug-likeness (QED) is 0.940. The lowest BCUT2D eigenvalue weighted by Crippen LogP contribution is -2.35. The van der Waals surface area contributed by atoms with Crippen LogP contribution in [0.1, 0.15) is 56.0 Å². The Balaban J connectivity index is 1.67. The number of aryl methyl sites for hydroxylation is 1. The van der Waals surface area contributed by atoms with E-state index in [-0.39, 0.29) is 0 Å². The Morgan fingerprint density at radius 2 is 2.24 bits per heavy atom. The van der Waals surface area contributed by atoms with Gasteiger partial charge in [-0.05, 0) is 40.2 Å². The monoisotopic (exact) mass is 287 g/mol. The SMILES string of the molecule is Cc1cnc(C2CCCN(Cc3nccn3C(C)C)C2)[nH]1. The van der Waals surface area contributed by atoms with Gasteiger partial charge in [0.05, 0.1) is 6.54 Å². The highest BCUT2D eigenvalue weighted by atomic mass is 15.2. The van der Waals surface area contributed by atoms with Gasteiger partial charge in [0.1, 0.15) is 11.6 Å². The molecule has 1 aliphatic heterocycles. The van der Waals surface area contributed by atoms with E-state index in [1.807, 2.05) is 12.4 Å². The molecule has 2 aromatic heterocycles. The maximum atomic E-state index is 4.53. The summed E-state index contributed by atoms with van der Waals surface area (Å²) in [5.74, 6) is 2.83. The lowest BCUT2D eigenvalue weighted by atomic mass is 9.97. The van der Waals surface area contributed by atoms with Crippen molar-refractivity contribution in [3.05, 3.63) is 35.9 Å². The second kappa shape index (κ2) is 6.02. The number of imidazole rings is 2. The van der Waals surface area contributed by atoms with E-state index >= 15 is 0 Å². The summed E-state index contributed by atoms with van der Waals surface area (Å²) in [5, 5.41) is 0. The first-order chi connectivity index (χ1) is 10.1. The van der Waals surface area contributed by atoms with E-state index < -0.39 is 0 Å². The number of rotatable bonds is 4. The zero-order valence-electron chi connectivity index (χ0n) is 13.2. The van der Waals surface area contributed by atoms with Crippen molar-refractivity contribution < 1.29 is 0 Å². The summed E-state index contributed by atoms with van der Waals surface area (Å²) in [7, 11) is 0. The molecular formula is C16H25N5. The zero-order chi connectivity index (χ0) is 14.8. The Bertz CT molecular complexity index is 583. The molecule has 2 aromatic rings. The van der Waals surface area contributed by atoms with Gasteiger partial charge in [-0.3, -0.25) is 4.90 Å². The number of aromatic amines is 1. The average molecular weight is 287 g/mol. The Hall–Kier alpha value is -1.62. The van der Waals surface area contributed by atoms with Crippen molar-refractivity contribution in [3.63, 3.8) is 0 Å².